The van der Waals surface area contributed by atoms with Crippen molar-refractivity contribution in [3.05, 3.63) is 34.8 Å². The fraction of sp³-hybridized carbons (Fsp3) is 0.400. The summed E-state index contributed by atoms with van der Waals surface area (Å²) in [7, 11) is -2.50. The first-order chi connectivity index (χ1) is 15.7. The molecule has 178 valence electrons. The largest absolute Gasteiger partial charge is 0.497 e. The van der Waals surface area contributed by atoms with Gasteiger partial charge < -0.3 is 23.9 Å². The van der Waals surface area contributed by atoms with Gasteiger partial charge in [0.1, 0.15) is 23.0 Å². The number of ether oxygens (including phenoxy) is 2. The van der Waals surface area contributed by atoms with Gasteiger partial charge in [-0.05, 0) is 32.0 Å². The molecule has 0 saturated carbocycles. The van der Waals surface area contributed by atoms with Gasteiger partial charge in [-0.1, -0.05) is 16.5 Å². The predicted octanol–water partition coefficient (Wildman–Crippen LogP) is 1.53. The van der Waals surface area contributed by atoms with Crippen LogP contribution >= 0.6 is 11.3 Å². The van der Waals surface area contributed by atoms with Crippen LogP contribution in [0.4, 0.5) is 5.82 Å². The van der Waals surface area contributed by atoms with Crippen LogP contribution < -0.4 is 14.9 Å². The highest BCUT2D eigenvalue weighted by Gasteiger charge is 2.22. The van der Waals surface area contributed by atoms with Gasteiger partial charge in [-0.15, -0.1) is 0 Å². The highest BCUT2D eigenvalue weighted by Crippen LogP contribution is 2.23. The summed E-state index contributed by atoms with van der Waals surface area (Å²) in [4.78, 5) is 28.9. The molecule has 0 aliphatic carbocycles. The second kappa shape index (κ2) is 10.7. The number of nitrogens with one attached hydrogen (secondary N) is 1. The van der Waals surface area contributed by atoms with Crippen LogP contribution in [0.3, 0.4) is 0 Å². The van der Waals surface area contributed by atoms with Crippen molar-refractivity contribution in [2.24, 2.45) is 4.99 Å². The normalized spacial score (nSPS) is 12.3. The van der Waals surface area contributed by atoms with E-state index in [0.717, 1.165) is 10.2 Å². The third kappa shape index (κ3) is 6.73. The zero-order valence-corrected chi connectivity index (χ0v) is 20.0. The van der Waals surface area contributed by atoms with E-state index in [2.05, 4.69) is 15.5 Å². The van der Waals surface area contributed by atoms with Gasteiger partial charge in [-0.3, -0.25) is 9.59 Å². The molecule has 0 fully saturated rings. The third-order valence-electron chi connectivity index (χ3n) is 4.36. The van der Waals surface area contributed by atoms with Gasteiger partial charge >= 0.3 is 0 Å². The molecule has 0 atom stereocenters. The molecule has 0 radical (unpaired) electrons. The highest BCUT2D eigenvalue weighted by molar-refractivity contribution is 7.92. The van der Waals surface area contributed by atoms with Crippen molar-refractivity contribution in [3.63, 3.8) is 0 Å². The molecule has 0 aliphatic rings. The van der Waals surface area contributed by atoms with E-state index in [1.54, 1.807) is 24.7 Å². The van der Waals surface area contributed by atoms with Crippen LogP contribution in [0.5, 0.6) is 5.75 Å². The predicted molar refractivity (Wildman–Crippen MR) is 122 cm³/mol. The molecule has 13 heteroatoms. The summed E-state index contributed by atoms with van der Waals surface area (Å²) in [6, 6.07) is 6.89. The number of methoxy groups -OCH3 is 1. The molecule has 3 aromatic rings. The highest BCUT2D eigenvalue weighted by atomic mass is 32.2. The van der Waals surface area contributed by atoms with Crippen LogP contribution in [0.15, 0.2) is 33.8 Å². The Hall–Kier alpha value is -3.03. The van der Waals surface area contributed by atoms with Crippen molar-refractivity contribution in [1.82, 2.24) is 9.72 Å². The number of carbonyl (C=O) groups excluding carboxylic acids is 2. The summed E-state index contributed by atoms with van der Waals surface area (Å²) in [5.74, 6) is -2.27. The van der Waals surface area contributed by atoms with Gasteiger partial charge in [0.05, 0.1) is 23.9 Å². The van der Waals surface area contributed by atoms with Crippen molar-refractivity contribution in [3.8, 4) is 5.75 Å². The Kier molecular flexibility index (Phi) is 8.00. The average Bonchev–Trinajstić information content (AvgIpc) is 3.29. The van der Waals surface area contributed by atoms with Gasteiger partial charge in [0.2, 0.25) is 5.91 Å². The standard InChI is InChI=1S/C20H24N4O7S2/c1-4-30-8-7-24-15-6-5-14(29-3)10-16(15)32-20(24)22-19(26)12-33(27,28)11-18(25)21-17-9-13(2)31-23-17/h5-6,9-10H,4,7-8,11-12H2,1-3H3,(H,21,23,25). The first-order valence-electron chi connectivity index (χ1n) is 9.97. The number of aryl methyl sites for hydroxylation is 1. The van der Waals surface area contributed by atoms with Gasteiger partial charge in [0.25, 0.3) is 5.91 Å². The minimum absolute atomic E-state index is 0.0970. The second-order valence-corrected chi connectivity index (χ2v) is 10.0. The quantitative estimate of drug-likeness (QED) is 0.416. The molecule has 0 unspecified atom stereocenters. The molecule has 2 aromatic heterocycles. The first-order valence-corrected chi connectivity index (χ1v) is 12.6. The molecule has 1 aromatic carbocycles. The Morgan fingerprint density at radius 1 is 1.27 bits per heavy atom. The number of amides is 2. The maximum Gasteiger partial charge on any atom is 0.263 e. The van der Waals surface area contributed by atoms with Crippen LogP contribution in [-0.4, -0.2) is 61.8 Å². The summed E-state index contributed by atoms with van der Waals surface area (Å²) in [5, 5.41) is 5.88. The number of sulfone groups is 1. The van der Waals surface area contributed by atoms with Crippen LogP contribution in [0, 0.1) is 6.92 Å². The first kappa shape index (κ1) is 24.6. The van der Waals surface area contributed by atoms with E-state index in [1.165, 1.54) is 17.4 Å². The lowest BCUT2D eigenvalue weighted by Crippen LogP contribution is -2.28. The summed E-state index contributed by atoms with van der Waals surface area (Å²) >= 11 is 1.23. The summed E-state index contributed by atoms with van der Waals surface area (Å²) in [5.41, 5.74) is 0.817. The van der Waals surface area contributed by atoms with Crippen LogP contribution in [0.25, 0.3) is 10.2 Å². The SMILES string of the molecule is CCOCCn1c(=NC(=O)CS(=O)(=O)CC(=O)Nc2cc(C)on2)sc2cc(OC)ccc21. The van der Waals surface area contributed by atoms with Crippen LogP contribution in [0.1, 0.15) is 12.7 Å². The van der Waals surface area contributed by atoms with E-state index in [-0.39, 0.29) is 5.82 Å². The molecule has 1 N–H and O–H groups in total. The summed E-state index contributed by atoms with van der Waals surface area (Å²) < 4.78 is 42.8. The fourth-order valence-corrected chi connectivity index (χ4v) is 5.08. The number of fused-ring (bicyclic) bond motifs is 1. The van der Waals surface area contributed by atoms with E-state index < -0.39 is 33.2 Å². The number of nitrogens with zero attached hydrogens (tertiary/aromatic N) is 3. The molecule has 2 amide bonds. The van der Waals surface area contributed by atoms with Gasteiger partial charge in [0.15, 0.2) is 20.5 Å². The number of carbonyl (C=O) groups is 2. The lowest BCUT2D eigenvalue weighted by atomic mass is 10.3. The van der Waals surface area contributed by atoms with Crippen LogP contribution in [0.2, 0.25) is 0 Å². The molecular weight excluding hydrogens is 472 g/mol. The van der Waals surface area contributed by atoms with Crippen molar-refractivity contribution >= 4 is 49.0 Å². The molecule has 0 saturated heterocycles. The Morgan fingerprint density at radius 3 is 2.73 bits per heavy atom. The lowest BCUT2D eigenvalue weighted by Gasteiger charge is -2.06. The zero-order chi connectivity index (χ0) is 24.0. The molecule has 0 aliphatic heterocycles. The molecule has 2 heterocycles. The van der Waals surface area contributed by atoms with E-state index in [4.69, 9.17) is 14.0 Å². The van der Waals surface area contributed by atoms with E-state index >= 15 is 0 Å². The Labute approximate surface area is 193 Å². The fourth-order valence-electron chi connectivity index (χ4n) is 2.96. The Morgan fingerprint density at radius 2 is 2.06 bits per heavy atom. The second-order valence-electron chi connectivity index (χ2n) is 6.98. The molecule has 0 bridgehead atoms. The van der Waals surface area contributed by atoms with Gasteiger partial charge in [-0.25, -0.2) is 8.42 Å². The lowest BCUT2D eigenvalue weighted by molar-refractivity contribution is -0.115. The van der Waals surface area contributed by atoms with Crippen molar-refractivity contribution in [1.29, 1.82) is 0 Å². The Balaban J connectivity index is 1.79. The minimum Gasteiger partial charge on any atom is -0.497 e. The van der Waals surface area contributed by atoms with E-state index in [1.807, 2.05) is 19.1 Å². The van der Waals surface area contributed by atoms with Crippen molar-refractivity contribution < 1.29 is 32.0 Å². The topological polar surface area (TPSA) is 142 Å². The number of aromatic nitrogens is 2. The molecule has 33 heavy (non-hydrogen) atoms. The summed E-state index contributed by atoms with van der Waals surface area (Å²) in [6.07, 6.45) is 0. The number of rotatable bonds is 10. The monoisotopic (exact) mass is 496 g/mol. The zero-order valence-electron chi connectivity index (χ0n) is 18.4. The van der Waals surface area contributed by atoms with Crippen molar-refractivity contribution in [2.45, 2.75) is 20.4 Å². The smallest absolute Gasteiger partial charge is 0.263 e. The van der Waals surface area contributed by atoms with Crippen LogP contribution in [-0.2, 0) is 30.7 Å². The number of hydrogen-bond donors (Lipinski definition) is 1. The number of thiazole rings is 1. The summed E-state index contributed by atoms with van der Waals surface area (Å²) in [6.45, 7) is 4.87. The number of hydrogen-bond acceptors (Lipinski definition) is 9. The maximum absolute atomic E-state index is 12.5. The van der Waals surface area contributed by atoms with Crippen molar-refractivity contribution in [2.75, 3.05) is 37.1 Å². The number of anilines is 1. The van der Waals surface area contributed by atoms with Gasteiger partial charge in [0, 0.05) is 19.2 Å². The molecular formula is C20H24N4O7S2. The number of benzene rings is 1. The molecule has 11 nitrogen and oxygen atoms in total. The van der Waals surface area contributed by atoms with E-state index in [9.17, 15) is 18.0 Å². The average molecular weight is 497 g/mol. The maximum atomic E-state index is 12.5. The van der Waals surface area contributed by atoms with E-state index in [0.29, 0.717) is 36.1 Å². The Bertz CT molecular complexity index is 1320. The minimum atomic E-state index is -4.05. The third-order valence-corrected chi connectivity index (χ3v) is 6.79. The molecule has 0 spiro atoms. The van der Waals surface area contributed by atoms with Gasteiger partial charge in [-0.2, -0.15) is 4.99 Å². The molecule has 3 rings (SSSR count).